The zero-order valence-electron chi connectivity index (χ0n) is 9.04. The van der Waals surface area contributed by atoms with Gasteiger partial charge in [-0.1, -0.05) is 20.8 Å². The van der Waals surface area contributed by atoms with Gasteiger partial charge in [0, 0.05) is 0 Å². The lowest BCUT2D eigenvalue weighted by Crippen LogP contribution is -2.36. The molecule has 1 fully saturated rings. The number of carboxylic acids is 1. The highest BCUT2D eigenvalue weighted by Gasteiger charge is 2.34. The largest absolute Gasteiger partial charge is 0.480 e. The normalized spacial score (nSPS) is 27.1. The number of hydrogen-bond donors (Lipinski definition) is 2. The van der Waals surface area contributed by atoms with E-state index in [4.69, 9.17) is 5.11 Å². The first-order valence-corrected chi connectivity index (χ1v) is 4.86. The first-order chi connectivity index (χ1) is 5.90. The van der Waals surface area contributed by atoms with E-state index in [9.17, 15) is 4.79 Å². The van der Waals surface area contributed by atoms with Crippen LogP contribution in [-0.2, 0) is 4.79 Å². The van der Waals surface area contributed by atoms with Gasteiger partial charge in [-0.15, -0.1) is 12.4 Å². The van der Waals surface area contributed by atoms with E-state index in [-0.39, 0.29) is 23.9 Å². The summed E-state index contributed by atoms with van der Waals surface area (Å²) in [4.78, 5) is 10.8. The number of hydrogen-bond acceptors (Lipinski definition) is 2. The van der Waals surface area contributed by atoms with Gasteiger partial charge in [0.05, 0.1) is 0 Å². The van der Waals surface area contributed by atoms with Gasteiger partial charge in [0.25, 0.3) is 0 Å². The third-order valence-corrected chi connectivity index (χ3v) is 2.49. The van der Waals surface area contributed by atoms with Gasteiger partial charge in [0.2, 0.25) is 0 Å². The Morgan fingerprint density at radius 2 is 2.07 bits per heavy atom. The summed E-state index contributed by atoms with van der Waals surface area (Å²) in [5, 5.41) is 11.9. The summed E-state index contributed by atoms with van der Waals surface area (Å²) in [7, 11) is 0. The monoisotopic (exact) mass is 221 g/mol. The van der Waals surface area contributed by atoms with E-state index in [1.54, 1.807) is 0 Å². The second-order valence-electron chi connectivity index (χ2n) is 5.08. The van der Waals surface area contributed by atoms with Crippen molar-refractivity contribution in [2.24, 2.45) is 11.3 Å². The molecule has 14 heavy (non-hydrogen) atoms. The molecule has 4 heteroatoms. The summed E-state index contributed by atoms with van der Waals surface area (Å²) in [5.74, 6) is -0.399. The molecule has 1 aliphatic rings. The minimum Gasteiger partial charge on any atom is -0.480 e. The van der Waals surface area contributed by atoms with Gasteiger partial charge in [0.1, 0.15) is 6.04 Å². The van der Waals surface area contributed by atoms with Crippen molar-refractivity contribution in [3.05, 3.63) is 0 Å². The first-order valence-electron chi connectivity index (χ1n) is 4.86. The summed E-state index contributed by atoms with van der Waals surface area (Å²) in [5.41, 5.74) is 0.227. The molecule has 1 heterocycles. The van der Waals surface area contributed by atoms with E-state index < -0.39 is 5.97 Å². The Kier molecular flexibility index (Phi) is 4.89. The molecule has 3 nitrogen and oxygen atoms in total. The lowest BCUT2D eigenvalue weighted by Gasteiger charge is -2.25. The minimum atomic E-state index is -0.702. The van der Waals surface area contributed by atoms with Gasteiger partial charge in [-0.3, -0.25) is 4.79 Å². The molecule has 2 atom stereocenters. The Morgan fingerprint density at radius 1 is 1.50 bits per heavy atom. The number of nitrogens with one attached hydrogen (secondary N) is 1. The van der Waals surface area contributed by atoms with Crippen LogP contribution in [-0.4, -0.2) is 23.7 Å². The highest BCUT2D eigenvalue weighted by atomic mass is 35.5. The zero-order valence-corrected chi connectivity index (χ0v) is 9.86. The molecule has 1 saturated heterocycles. The molecule has 0 spiro atoms. The molecule has 1 rings (SSSR count). The maximum absolute atomic E-state index is 10.8. The Balaban J connectivity index is 0.00000169. The van der Waals surface area contributed by atoms with Crippen LogP contribution in [0.3, 0.4) is 0 Å². The van der Waals surface area contributed by atoms with Crippen LogP contribution in [0.25, 0.3) is 0 Å². The predicted octanol–water partition coefficient (Wildman–Crippen LogP) is 1.91. The molecule has 0 aromatic heterocycles. The van der Waals surface area contributed by atoms with Crippen LogP contribution in [0.2, 0.25) is 0 Å². The average molecular weight is 222 g/mol. The van der Waals surface area contributed by atoms with Crippen molar-refractivity contribution in [2.75, 3.05) is 6.54 Å². The average Bonchev–Trinajstić information content (AvgIpc) is 2.31. The van der Waals surface area contributed by atoms with Gasteiger partial charge < -0.3 is 10.4 Å². The van der Waals surface area contributed by atoms with Crippen LogP contribution < -0.4 is 5.32 Å². The molecule has 0 amide bonds. The lowest BCUT2D eigenvalue weighted by molar-refractivity contribution is -0.140. The molecule has 0 saturated carbocycles. The maximum atomic E-state index is 10.8. The fourth-order valence-corrected chi connectivity index (χ4v) is 2.05. The Labute approximate surface area is 91.7 Å². The van der Waals surface area contributed by atoms with Gasteiger partial charge in [-0.05, 0) is 30.7 Å². The highest BCUT2D eigenvalue weighted by Crippen LogP contribution is 2.30. The standard InChI is InChI=1S/C10H19NO2.ClH/c1-10(2,3)6-7-4-5-11-8(7)9(12)13;/h7-8,11H,4-6H2,1-3H3,(H,12,13);1H/t7-,8+;/m0./s1. The van der Waals surface area contributed by atoms with Crippen molar-refractivity contribution < 1.29 is 9.90 Å². The smallest absolute Gasteiger partial charge is 0.320 e. The number of rotatable bonds is 2. The van der Waals surface area contributed by atoms with Crippen molar-refractivity contribution in [2.45, 2.75) is 39.7 Å². The molecular weight excluding hydrogens is 202 g/mol. The number of aliphatic carboxylic acids is 1. The topological polar surface area (TPSA) is 49.3 Å². The fraction of sp³-hybridized carbons (Fsp3) is 0.900. The number of halogens is 1. The minimum absolute atomic E-state index is 0. The Morgan fingerprint density at radius 3 is 2.50 bits per heavy atom. The summed E-state index contributed by atoms with van der Waals surface area (Å²) in [6.45, 7) is 7.32. The third kappa shape index (κ3) is 3.84. The molecule has 2 N–H and O–H groups in total. The first kappa shape index (κ1) is 13.7. The van der Waals surface area contributed by atoms with Crippen molar-refractivity contribution in [3.8, 4) is 0 Å². The summed E-state index contributed by atoms with van der Waals surface area (Å²) in [6.07, 6.45) is 1.98. The van der Waals surface area contributed by atoms with Gasteiger partial charge in [-0.25, -0.2) is 0 Å². The highest BCUT2D eigenvalue weighted by molar-refractivity contribution is 5.85. The third-order valence-electron chi connectivity index (χ3n) is 2.49. The van der Waals surface area contributed by atoms with E-state index in [2.05, 4.69) is 26.1 Å². The molecule has 0 aromatic rings. The lowest BCUT2D eigenvalue weighted by atomic mass is 9.81. The van der Waals surface area contributed by atoms with E-state index in [1.165, 1.54) is 0 Å². The quantitative estimate of drug-likeness (QED) is 0.749. The van der Waals surface area contributed by atoms with Crippen LogP contribution in [0.5, 0.6) is 0 Å². The van der Waals surface area contributed by atoms with E-state index in [0.717, 1.165) is 19.4 Å². The van der Waals surface area contributed by atoms with Crippen molar-refractivity contribution >= 4 is 18.4 Å². The van der Waals surface area contributed by atoms with Crippen LogP contribution in [0.15, 0.2) is 0 Å². The molecular formula is C10H20ClNO2. The maximum Gasteiger partial charge on any atom is 0.320 e. The molecule has 0 bridgehead atoms. The van der Waals surface area contributed by atoms with Gasteiger partial charge >= 0.3 is 5.97 Å². The van der Waals surface area contributed by atoms with E-state index >= 15 is 0 Å². The van der Waals surface area contributed by atoms with Crippen molar-refractivity contribution in [1.82, 2.24) is 5.32 Å². The molecule has 84 valence electrons. The summed E-state index contributed by atoms with van der Waals surface area (Å²) < 4.78 is 0. The Hall–Kier alpha value is -0.280. The predicted molar refractivity (Wildman–Crippen MR) is 58.9 cm³/mol. The number of carboxylic acid groups (broad SMARTS) is 1. The molecule has 1 aliphatic heterocycles. The van der Waals surface area contributed by atoms with Crippen molar-refractivity contribution in [1.29, 1.82) is 0 Å². The van der Waals surface area contributed by atoms with Crippen molar-refractivity contribution in [3.63, 3.8) is 0 Å². The fourth-order valence-electron chi connectivity index (χ4n) is 2.05. The van der Waals surface area contributed by atoms with Gasteiger partial charge in [0.15, 0.2) is 0 Å². The van der Waals surface area contributed by atoms with Crippen LogP contribution in [0.4, 0.5) is 0 Å². The zero-order chi connectivity index (χ0) is 10.1. The summed E-state index contributed by atoms with van der Waals surface area (Å²) >= 11 is 0. The molecule has 0 radical (unpaired) electrons. The van der Waals surface area contributed by atoms with E-state index in [0.29, 0.717) is 5.92 Å². The van der Waals surface area contributed by atoms with E-state index in [1.807, 2.05) is 0 Å². The van der Waals surface area contributed by atoms with Crippen LogP contribution in [0, 0.1) is 11.3 Å². The molecule has 0 aromatic carbocycles. The van der Waals surface area contributed by atoms with Crippen LogP contribution in [0.1, 0.15) is 33.6 Å². The Bertz CT molecular complexity index is 201. The SMILES string of the molecule is CC(C)(C)C[C@@H]1CCN[C@H]1C(=O)O.Cl. The summed E-state index contributed by atoms with van der Waals surface area (Å²) in [6, 6.07) is -0.320. The van der Waals surface area contributed by atoms with Crippen LogP contribution >= 0.6 is 12.4 Å². The van der Waals surface area contributed by atoms with Gasteiger partial charge in [-0.2, -0.15) is 0 Å². The molecule has 0 unspecified atom stereocenters. The second-order valence-corrected chi connectivity index (χ2v) is 5.08. The molecule has 0 aliphatic carbocycles. The second kappa shape index (κ2) is 4.99. The number of carbonyl (C=O) groups is 1.